The fourth-order valence-electron chi connectivity index (χ4n) is 4.49. The maximum absolute atomic E-state index is 12.5. The summed E-state index contributed by atoms with van der Waals surface area (Å²) in [4.78, 5) is 38.0. The van der Waals surface area contributed by atoms with E-state index in [0.29, 0.717) is 36.9 Å². The molecule has 0 radical (unpaired) electrons. The van der Waals surface area contributed by atoms with Crippen LogP contribution >= 0.6 is 0 Å². The van der Waals surface area contributed by atoms with E-state index in [1.807, 2.05) is 18.7 Å². The van der Waals surface area contributed by atoms with Crippen molar-refractivity contribution in [1.82, 2.24) is 30.3 Å². The van der Waals surface area contributed by atoms with Gasteiger partial charge in [0, 0.05) is 25.0 Å². The maximum atomic E-state index is 12.5. The third-order valence-corrected chi connectivity index (χ3v) is 5.71. The van der Waals surface area contributed by atoms with Crippen molar-refractivity contribution in [3.05, 3.63) is 29.9 Å². The topological polar surface area (TPSA) is 117 Å². The summed E-state index contributed by atoms with van der Waals surface area (Å²) in [6.45, 7) is 6.81. The summed E-state index contributed by atoms with van der Waals surface area (Å²) >= 11 is 0. The zero-order chi connectivity index (χ0) is 19.2. The molecule has 2 fully saturated rings. The molecule has 27 heavy (non-hydrogen) atoms. The lowest BCUT2D eigenvalue weighted by atomic mass is 9.80. The van der Waals surface area contributed by atoms with E-state index in [4.69, 9.17) is 4.52 Å². The lowest BCUT2D eigenvalue weighted by Crippen LogP contribution is -2.40. The summed E-state index contributed by atoms with van der Waals surface area (Å²) in [5.41, 5.74) is 0.0314. The Morgan fingerprint density at radius 3 is 2.89 bits per heavy atom. The minimum absolute atomic E-state index is 0.0192. The highest BCUT2D eigenvalue weighted by Gasteiger charge is 2.58. The summed E-state index contributed by atoms with van der Waals surface area (Å²) in [6.07, 6.45) is 4.42. The predicted octanol–water partition coefficient (Wildman–Crippen LogP) is 1.05. The molecule has 1 aliphatic heterocycles. The zero-order valence-corrected chi connectivity index (χ0v) is 15.7. The molecule has 2 N–H and O–H groups in total. The van der Waals surface area contributed by atoms with Crippen molar-refractivity contribution in [3.8, 4) is 0 Å². The van der Waals surface area contributed by atoms with Crippen molar-refractivity contribution in [2.24, 2.45) is 11.8 Å². The molecule has 1 saturated carbocycles. The molecule has 0 aromatic carbocycles. The van der Waals surface area contributed by atoms with Crippen molar-refractivity contribution in [2.75, 3.05) is 13.1 Å². The van der Waals surface area contributed by atoms with E-state index >= 15 is 0 Å². The molecule has 3 atom stereocenters. The highest BCUT2D eigenvalue weighted by Crippen LogP contribution is 2.50. The fourth-order valence-corrected chi connectivity index (χ4v) is 4.49. The Balaban J connectivity index is 1.57. The van der Waals surface area contributed by atoms with E-state index in [1.54, 1.807) is 6.92 Å². The molecule has 0 spiro atoms. The van der Waals surface area contributed by atoms with Gasteiger partial charge in [-0.3, -0.25) is 9.59 Å². The number of fused-ring (bicyclic) bond motifs is 1. The van der Waals surface area contributed by atoms with E-state index in [0.717, 1.165) is 6.42 Å². The second-order valence-electron chi connectivity index (χ2n) is 7.95. The SMILES string of the molecule is Cc1noc([C@]23C[C@H](NC(=O)c4cnc[nH]4)CC2CN(C(=O)C(C)C)C3)n1. The highest BCUT2D eigenvalue weighted by molar-refractivity contribution is 5.92. The number of hydrogen-bond donors (Lipinski definition) is 2. The molecule has 9 heteroatoms. The standard InChI is InChI=1S/C18H24N6O3/c1-10(2)16(26)24-7-12-4-13(22-15(25)14-6-19-9-20-14)5-18(12,8-24)17-21-11(3)23-27-17/h6,9-10,12-13H,4-5,7-8H2,1-3H3,(H,19,20)(H,22,25)/t12?,13-,18+/m1/s1. The van der Waals surface area contributed by atoms with Crippen LogP contribution in [0.2, 0.25) is 0 Å². The summed E-state index contributed by atoms with van der Waals surface area (Å²) in [6, 6.07) is -0.0192. The third kappa shape index (κ3) is 3.00. The molecule has 2 amide bonds. The average molecular weight is 372 g/mol. The molecule has 1 unspecified atom stereocenters. The first kappa shape index (κ1) is 17.7. The molecular formula is C18H24N6O3. The first-order valence-electron chi connectivity index (χ1n) is 9.28. The number of nitrogens with zero attached hydrogens (tertiary/aromatic N) is 4. The number of aromatic nitrogens is 4. The lowest BCUT2D eigenvalue weighted by molar-refractivity contribution is -0.133. The molecule has 2 aromatic rings. The number of rotatable bonds is 4. The van der Waals surface area contributed by atoms with Crippen LogP contribution in [0.1, 0.15) is 48.9 Å². The number of amides is 2. The van der Waals surface area contributed by atoms with Gasteiger partial charge in [0.2, 0.25) is 11.8 Å². The van der Waals surface area contributed by atoms with Crippen molar-refractivity contribution in [1.29, 1.82) is 0 Å². The Morgan fingerprint density at radius 2 is 2.26 bits per heavy atom. The second kappa shape index (κ2) is 6.47. The van der Waals surface area contributed by atoms with Crippen molar-refractivity contribution < 1.29 is 14.1 Å². The van der Waals surface area contributed by atoms with E-state index < -0.39 is 5.41 Å². The van der Waals surface area contributed by atoms with Crippen LogP contribution in [-0.2, 0) is 10.2 Å². The van der Waals surface area contributed by atoms with Gasteiger partial charge in [-0.25, -0.2) is 4.98 Å². The van der Waals surface area contributed by atoms with Crippen molar-refractivity contribution >= 4 is 11.8 Å². The van der Waals surface area contributed by atoms with Crippen LogP contribution in [0.5, 0.6) is 0 Å². The summed E-state index contributed by atoms with van der Waals surface area (Å²) in [7, 11) is 0. The van der Waals surface area contributed by atoms with Crippen molar-refractivity contribution in [3.63, 3.8) is 0 Å². The van der Waals surface area contributed by atoms with E-state index in [2.05, 4.69) is 25.4 Å². The lowest BCUT2D eigenvalue weighted by Gasteiger charge is -2.26. The van der Waals surface area contributed by atoms with Gasteiger partial charge < -0.3 is 19.7 Å². The first-order valence-corrected chi connectivity index (χ1v) is 9.28. The van der Waals surface area contributed by atoms with Gasteiger partial charge in [-0.1, -0.05) is 19.0 Å². The summed E-state index contributed by atoms with van der Waals surface area (Å²) < 4.78 is 5.54. The molecule has 2 aromatic heterocycles. The molecule has 9 nitrogen and oxygen atoms in total. The largest absolute Gasteiger partial charge is 0.348 e. The van der Waals surface area contributed by atoms with Gasteiger partial charge in [-0.05, 0) is 25.7 Å². The molecule has 2 aliphatic rings. The fraction of sp³-hybridized carbons (Fsp3) is 0.611. The number of nitrogens with one attached hydrogen (secondary N) is 2. The average Bonchev–Trinajstić information content (AvgIpc) is 3.36. The molecule has 4 rings (SSSR count). The number of carbonyl (C=O) groups is 2. The minimum atomic E-state index is -0.405. The monoisotopic (exact) mass is 372 g/mol. The quantitative estimate of drug-likeness (QED) is 0.828. The number of imidazole rings is 1. The normalized spacial score (nSPS) is 27.2. The predicted molar refractivity (Wildman–Crippen MR) is 94.7 cm³/mol. The van der Waals surface area contributed by atoms with Gasteiger partial charge in [0.1, 0.15) is 5.69 Å². The van der Waals surface area contributed by atoms with Gasteiger partial charge >= 0.3 is 0 Å². The molecular weight excluding hydrogens is 348 g/mol. The van der Waals surface area contributed by atoms with Gasteiger partial charge in [-0.2, -0.15) is 4.98 Å². The van der Waals surface area contributed by atoms with Crippen LogP contribution < -0.4 is 5.32 Å². The number of aryl methyl sites for hydroxylation is 1. The Bertz CT molecular complexity index is 845. The minimum Gasteiger partial charge on any atom is -0.348 e. The summed E-state index contributed by atoms with van der Waals surface area (Å²) in [5, 5.41) is 7.03. The maximum Gasteiger partial charge on any atom is 0.269 e. The van der Waals surface area contributed by atoms with Gasteiger partial charge in [0.15, 0.2) is 5.82 Å². The van der Waals surface area contributed by atoms with Crippen LogP contribution in [-0.4, -0.2) is 56.0 Å². The number of hydrogen-bond acceptors (Lipinski definition) is 6. The highest BCUT2D eigenvalue weighted by atomic mass is 16.5. The molecule has 144 valence electrons. The van der Waals surface area contributed by atoms with E-state index in [-0.39, 0.29) is 29.7 Å². The molecule has 1 aliphatic carbocycles. The Hall–Kier alpha value is -2.71. The van der Waals surface area contributed by atoms with Crippen LogP contribution in [0.15, 0.2) is 17.0 Å². The third-order valence-electron chi connectivity index (χ3n) is 5.71. The van der Waals surface area contributed by atoms with Crippen LogP contribution in [0, 0.1) is 18.8 Å². The molecule has 3 heterocycles. The number of carbonyl (C=O) groups excluding carboxylic acids is 2. The number of H-pyrrole nitrogens is 1. The van der Waals surface area contributed by atoms with Crippen LogP contribution in [0.4, 0.5) is 0 Å². The number of likely N-dealkylation sites (tertiary alicyclic amines) is 1. The van der Waals surface area contributed by atoms with Gasteiger partial charge in [0.05, 0.1) is 17.9 Å². The van der Waals surface area contributed by atoms with Crippen LogP contribution in [0.25, 0.3) is 0 Å². The van der Waals surface area contributed by atoms with Gasteiger partial charge in [0.25, 0.3) is 5.91 Å². The molecule has 0 bridgehead atoms. The van der Waals surface area contributed by atoms with Gasteiger partial charge in [-0.15, -0.1) is 0 Å². The van der Waals surface area contributed by atoms with Crippen LogP contribution in [0.3, 0.4) is 0 Å². The number of aromatic amines is 1. The Morgan fingerprint density at radius 1 is 1.44 bits per heavy atom. The van der Waals surface area contributed by atoms with E-state index in [9.17, 15) is 9.59 Å². The van der Waals surface area contributed by atoms with Crippen molar-refractivity contribution in [2.45, 2.75) is 45.1 Å². The summed E-state index contributed by atoms with van der Waals surface area (Å²) in [5.74, 6) is 1.23. The second-order valence-corrected chi connectivity index (χ2v) is 7.95. The smallest absolute Gasteiger partial charge is 0.269 e. The molecule has 1 saturated heterocycles. The Labute approximate surface area is 156 Å². The van der Waals surface area contributed by atoms with E-state index in [1.165, 1.54) is 12.5 Å². The zero-order valence-electron chi connectivity index (χ0n) is 15.7. The Kier molecular flexibility index (Phi) is 4.24. The first-order chi connectivity index (χ1) is 12.9.